The highest BCUT2D eigenvalue weighted by molar-refractivity contribution is 5.69. The third-order valence-electron chi connectivity index (χ3n) is 4.94. The molecular weight excluding hydrogens is 380 g/mol. The van der Waals surface area contributed by atoms with Gasteiger partial charge in [-0.05, 0) is 74.8 Å². The number of hydrogen-bond acceptors (Lipinski definition) is 4. The molecule has 0 unspecified atom stereocenters. The lowest BCUT2D eigenvalue weighted by molar-refractivity contribution is -0.137. The molecule has 1 aromatic heterocycles. The summed E-state index contributed by atoms with van der Waals surface area (Å²) < 4.78 is 40.2. The number of hydrogen-bond donors (Lipinski definition) is 1. The summed E-state index contributed by atoms with van der Waals surface area (Å²) in [5.74, 6) is -2.48. The van der Waals surface area contributed by atoms with Crippen LogP contribution in [0, 0.1) is 11.6 Å². The molecule has 0 bridgehead atoms. The Labute approximate surface area is 168 Å². The van der Waals surface area contributed by atoms with Crippen molar-refractivity contribution in [3.63, 3.8) is 0 Å². The molecule has 1 saturated carbocycles. The molecule has 7 heteroatoms. The quantitative estimate of drug-likeness (QED) is 0.538. The molecule has 1 aliphatic carbocycles. The van der Waals surface area contributed by atoms with Gasteiger partial charge in [0.2, 0.25) is 5.88 Å². The van der Waals surface area contributed by atoms with Crippen molar-refractivity contribution < 1.29 is 28.2 Å². The Morgan fingerprint density at radius 3 is 2.55 bits per heavy atom. The first-order chi connectivity index (χ1) is 14.0. The van der Waals surface area contributed by atoms with Crippen LogP contribution in [0.3, 0.4) is 0 Å². The van der Waals surface area contributed by atoms with E-state index in [0.29, 0.717) is 36.3 Å². The minimum atomic E-state index is -0.856. The van der Waals surface area contributed by atoms with Gasteiger partial charge in [0, 0.05) is 18.2 Å². The summed E-state index contributed by atoms with van der Waals surface area (Å²) >= 11 is 0. The molecule has 0 saturated heterocycles. The van der Waals surface area contributed by atoms with Crippen LogP contribution in [0.4, 0.5) is 8.78 Å². The lowest BCUT2D eigenvalue weighted by Crippen LogP contribution is -2.12. The minimum absolute atomic E-state index is 0.0772. The fourth-order valence-electron chi connectivity index (χ4n) is 3.45. The zero-order valence-corrected chi connectivity index (χ0v) is 16.2. The van der Waals surface area contributed by atoms with Crippen molar-refractivity contribution in [1.29, 1.82) is 0 Å². The molecule has 1 aromatic carbocycles. The summed E-state index contributed by atoms with van der Waals surface area (Å²) in [5, 5.41) is 8.60. The SMILES string of the molecule is O=C(O)CCCCCOc1c(F)cc(-c2cccnc2OC2CCCC2)cc1F. The molecule has 2 aromatic rings. The van der Waals surface area contributed by atoms with E-state index in [9.17, 15) is 13.6 Å². The number of aromatic nitrogens is 1. The Kier molecular flexibility index (Phi) is 7.38. The Bertz CT molecular complexity index is 814. The zero-order chi connectivity index (χ0) is 20.6. The number of benzene rings is 1. The molecule has 0 atom stereocenters. The molecule has 0 amide bonds. The average molecular weight is 405 g/mol. The van der Waals surface area contributed by atoms with Gasteiger partial charge in [0.15, 0.2) is 17.4 Å². The van der Waals surface area contributed by atoms with Gasteiger partial charge in [-0.3, -0.25) is 4.79 Å². The molecule has 0 radical (unpaired) electrons. The van der Waals surface area contributed by atoms with Gasteiger partial charge in [-0.15, -0.1) is 0 Å². The van der Waals surface area contributed by atoms with Crippen molar-refractivity contribution in [2.75, 3.05) is 6.61 Å². The largest absolute Gasteiger partial charge is 0.488 e. The van der Waals surface area contributed by atoms with Crippen molar-refractivity contribution >= 4 is 5.97 Å². The Morgan fingerprint density at radius 1 is 1.14 bits per heavy atom. The highest BCUT2D eigenvalue weighted by Crippen LogP contribution is 2.35. The van der Waals surface area contributed by atoms with E-state index in [1.54, 1.807) is 18.3 Å². The Hall–Kier alpha value is -2.70. The molecule has 1 aliphatic rings. The number of carboxylic acids is 1. The molecule has 1 N–H and O–H groups in total. The summed E-state index contributed by atoms with van der Waals surface area (Å²) in [7, 11) is 0. The molecule has 3 rings (SSSR count). The molecule has 1 fully saturated rings. The van der Waals surface area contributed by atoms with Gasteiger partial charge in [0.1, 0.15) is 6.10 Å². The summed E-state index contributed by atoms with van der Waals surface area (Å²) in [6.45, 7) is 0.121. The van der Waals surface area contributed by atoms with Crippen molar-refractivity contribution in [3.8, 4) is 22.8 Å². The molecule has 0 spiro atoms. The third kappa shape index (κ3) is 5.89. The van der Waals surface area contributed by atoms with Crippen LogP contribution in [-0.2, 0) is 4.79 Å². The van der Waals surface area contributed by atoms with E-state index in [0.717, 1.165) is 25.7 Å². The van der Waals surface area contributed by atoms with Crippen LogP contribution in [0.25, 0.3) is 11.1 Å². The third-order valence-corrected chi connectivity index (χ3v) is 4.94. The number of rotatable bonds is 10. The number of unbranched alkanes of at least 4 members (excludes halogenated alkanes) is 2. The fraction of sp³-hybridized carbons (Fsp3) is 0.455. The van der Waals surface area contributed by atoms with E-state index in [1.807, 2.05) is 0 Å². The molecule has 29 heavy (non-hydrogen) atoms. The van der Waals surface area contributed by atoms with E-state index in [4.69, 9.17) is 14.6 Å². The lowest BCUT2D eigenvalue weighted by atomic mass is 10.1. The summed E-state index contributed by atoms with van der Waals surface area (Å²) in [4.78, 5) is 14.7. The fourth-order valence-corrected chi connectivity index (χ4v) is 3.45. The summed E-state index contributed by atoms with van der Waals surface area (Å²) in [6, 6.07) is 5.88. The van der Waals surface area contributed by atoms with E-state index in [2.05, 4.69) is 4.98 Å². The van der Waals surface area contributed by atoms with Gasteiger partial charge >= 0.3 is 5.97 Å². The first-order valence-corrected chi connectivity index (χ1v) is 10.0. The van der Waals surface area contributed by atoms with Crippen LogP contribution >= 0.6 is 0 Å². The normalized spacial score (nSPS) is 14.1. The highest BCUT2D eigenvalue weighted by Gasteiger charge is 2.21. The maximum atomic E-state index is 14.5. The number of halogens is 2. The maximum Gasteiger partial charge on any atom is 0.303 e. The smallest absolute Gasteiger partial charge is 0.303 e. The van der Waals surface area contributed by atoms with Crippen LogP contribution in [-0.4, -0.2) is 28.8 Å². The molecule has 0 aliphatic heterocycles. The number of carboxylic acid groups (broad SMARTS) is 1. The standard InChI is InChI=1S/C22H25F2NO4/c23-18-13-15(14-19(24)21(18)28-12-5-1-2-10-20(26)27)17-9-6-11-25-22(17)29-16-7-3-4-8-16/h6,9,11,13-14,16H,1-5,7-8,10,12H2,(H,26,27). The van der Waals surface area contributed by atoms with E-state index in [1.165, 1.54) is 12.1 Å². The highest BCUT2D eigenvalue weighted by atomic mass is 19.1. The van der Waals surface area contributed by atoms with E-state index >= 15 is 0 Å². The summed E-state index contributed by atoms with van der Waals surface area (Å²) in [5.41, 5.74) is 0.882. The molecular formula is C22H25F2NO4. The minimum Gasteiger partial charge on any atom is -0.488 e. The monoisotopic (exact) mass is 405 g/mol. The number of aliphatic carboxylic acids is 1. The number of ether oxygens (including phenoxy) is 2. The van der Waals surface area contributed by atoms with Crippen LogP contribution in [0.5, 0.6) is 11.6 Å². The van der Waals surface area contributed by atoms with E-state index in [-0.39, 0.29) is 19.1 Å². The van der Waals surface area contributed by atoms with Crippen LogP contribution in [0.2, 0.25) is 0 Å². The van der Waals surface area contributed by atoms with Crippen LogP contribution < -0.4 is 9.47 Å². The maximum absolute atomic E-state index is 14.5. The van der Waals surface area contributed by atoms with Gasteiger partial charge < -0.3 is 14.6 Å². The van der Waals surface area contributed by atoms with Crippen LogP contribution in [0.15, 0.2) is 30.5 Å². The van der Waals surface area contributed by atoms with Crippen molar-refractivity contribution in [2.24, 2.45) is 0 Å². The first kappa shape index (κ1) is 21.0. The van der Waals surface area contributed by atoms with Crippen LogP contribution in [0.1, 0.15) is 51.4 Å². The molecule has 156 valence electrons. The second-order valence-corrected chi connectivity index (χ2v) is 7.20. The first-order valence-electron chi connectivity index (χ1n) is 10.0. The predicted octanol–water partition coefficient (Wildman–Crippen LogP) is 5.37. The Balaban J connectivity index is 1.67. The Morgan fingerprint density at radius 2 is 1.86 bits per heavy atom. The molecule has 1 heterocycles. The second kappa shape index (κ2) is 10.2. The van der Waals surface area contributed by atoms with Gasteiger partial charge in [-0.1, -0.05) is 0 Å². The number of carbonyl (C=O) groups is 1. The topological polar surface area (TPSA) is 68.7 Å². The second-order valence-electron chi connectivity index (χ2n) is 7.20. The number of nitrogens with zero attached hydrogens (tertiary/aromatic N) is 1. The lowest BCUT2D eigenvalue weighted by Gasteiger charge is -2.16. The predicted molar refractivity (Wildman–Crippen MR) is 104 cm³/mol. The van der Waals surface area contributed by atoms with Crippen molar-refractivity contribution in [2.45, 2.75) is 57.5 Å². The van der Waals surface area contributed by atoms with Crippen molar-refractivity contribution in [1.82, 2.24) is 4.98 Å². The van der Waals surface area contributed by atoms with Gasteiger partial charge in [-0.2, -0.15) is 0 Å². The van der Waals surface area contributed by atoms with Gasteiger partial charge in [-0.25, -0.2) is 13.8 Å². The van der Waals surface area contributed by atoms with Gasteiger partial charge in [0.25, 0.3) is 0 Å². The molecule has 5 nitrogen and oxygen atoms in total. The zero-order valence-electron chi connectivity index (χ0n) is 16.2. The average Bonchev–Trinajstić information content (AvgIpc) is 3.19. The number of pyridine rings is 1. The van der Waals surface area contributed by atoms with Gasteiger partial charge in [0.05, 0.1) is 6.61 Å². The summed E-state index contributed by atoms with van der Waals surface area (Å²) in [6.07, 6.45) is 7.54. The van der Waals surface area contributed by atoms with E-state index < -0.39 is 23.4 Å². The van der Waals surface area contributed by atoms with Crippen molar-refractivity contribution in [3.05, 3.63) is 42.1 Å².